The van der Waals surface area contributed by atoms with Crippen LogP contribution in [0.2, 0.25) is 0 Å². The highest BCUT2D eigenvalue weighted by Gasteiger charge is 2.18. The number of hydrogen-bond acceptors (Lipinski definition) is 5. The third-order valence-electron chi connectivity index (χ3n) is 3.48. The molecule has 1 fully saturated rings. The predicted octanol–water partition coefficient (Wildman–Crippen LogP) is 3.68. The Morgan fingerprint density at radius 1 is 1.36 bits per heavy atom. The van der Waals surface area contributed by atoms with Crippen LogP contribution >= 0.6 is 11.3 Å². The number of ether oxygens (including phenoxy) is 2. The Labute approximate surface area is 131 Å². The average Bonchev–Trinajstić information content (AvgIpc) is 3.04. The fraction of sp³-hybridized carbons (Fsp3) is 0.375. The number of carbonyl (C=O) groups is 1. The van der Waals surface area contributed by atoms with Crippen LogP contribution in [-0.4, -0.2) is 30.3 Å². The third-order valence-corrected chi connectivity index (χ3v) is 4.37. The first-order valence-corrected chi connectivity index (χ1v) is 8.10. The Bertz CT molecular complexity index is 635. The highest BCUT2D eigenvalue weighted by molar-refractivity contribution is 7.13. The van der Waals surface area contributed by atoms with Crippen molar-refractivity contribution in [3.05, 3.63) is 41.2 Å². The van der Waals surface area contributed by atoms with E-state index in [0.29, 0.717) is 5.01 Å². The van der Waals surface area contributed by atoms with E-state index in [1.807, 2.05) is 0 Å². The molecule has 0 amide bonds. The maximum absolute atomic E-state index is 12.9. The largest absolute Gasteiger partial charge is 0.458 e. The number of thiazole rings is 1. The summed E-state index contributed by atoms with van der Waals surface area (Å²) in [4.78, 5) is 16.2. The van der Waals surface area contributed by atoms with Crippen LogP contribution in [0.15, 0.2) is 29.6 Å². The van der Waals surface area contributed by atoms with Gasteiger partial charge in [-0.15, -0.1) is 11.3 Å². The van der Waals surface area contributed by atoms with Crippen LogP contribution in [0.4, 0.5) is 4.39 Å². The molecule has 0 radical (unpaired) electrons. The van der Waals surface area contributed by atoms with E-state index in [1.165, 1.54) is 23.5 Å². The summed E-state index contributed by atoms with van der Waals surface area (Å²) in [6, 6.07) is 6.02. The standard InChI is InChI=1S/C16H16FNO3S/c17-12-6-4-11(5-7-12)15-18-14(10-22-15)16(19)21-9-13-3-1-2-8-20-13/h4-7,10,13H,1-3,8-9H2. The molecule has 6 heteroatoms. The van der Waals surface area contributed by atoms with Crippen molar-refractivity contribution in [1.29, 1.82) is 0 Å². The second kappa shape index (κ2) is 6.98. The van der Waals surface area contributed by atoms with Crippen LogP contribution < -0.4 is 0 Å². The monoisotopic (exact) mass is 321 g/mol. The number of carbonyl (C=O) groups excluding carboxylic acids is 1. The molecule has 1 aromatic carbocycles. The number of nitrogens with zero attached hydrogens (tertiary/aromatic N) is 1. The molecule has 1 saturated heterocycles. The fourth-order valence-electron chi connectivity index (χ4n) is 2.27. The van der Waals surface area contributed by atoms with E-state index in [4.69, 9.17) is 9.47 Å². The Balaban J connectivity index is 1.60. The number of hydrogen-bond donors (Lipinski definition) is 0. The van der Waals surface area contributed by atoms with Crippen LogP contribution in [0.1, 0.15) is 29.8 Å². The van der Waals surface area contributed by atoms with Crippen LogP contribution in [0.25, 0.3) is 10.6 Å². The first-order valence-electron chi connectivity index (χ1n) is 7.22. The molecule has 1 unspecified atom stereocenters. The number of halogens is 1. The van der Waals surface area contributed by atoms with Gasteiger partial charge in [-0.25, -0.2) is 14.2 Å². The lowest BCUT2D eigenvalue weighted by atomic mass is 10.1. The summed E-state index contributed by atoms with van der Waals surface area (Å²) in [5.74, 6) is -0.744. The molecular weight excluding hydrogens is 305 g/mol. The quantitative estimate of drug-likeness (QED) is 0.806. The molecule has 22 heavy (non-hydrogen) atoms. The second-order valence-corrected chi connectivity index (χ2v) is 5.99. The van der Waals surface area contributed by atoms with Crippen LogP contribution in [-0.2, 0) is 9.47 Å². The molecule has 116 valence electrons. The Kier molecular flexibility index (Phi) is 4.80. The van der Waals surface area contributed by atoms with Gasteiger partial charge in [0, 0.05) is 17.6 Å². The zero-order chi connectivity index (χ0) is 15.4. The smallest absolute Gasteiger partial charge is 0.357 e. The van der Waals surface area contributed by atoms with Crippen LogP contribution in [0.3, 0.4) is 0 Å². The van der Waals surface area contributed by atoms with Gasteiger partial charge >= 0.3 is 5.97 Å². The average molecular weight is 321 g/mol. The third kappa shape index (κ3) is 3.69. The first-order chi connectivity index (χ1) is 10.7. The van der Waals surface area contributed by atoms with Crippen molar-refractivity contribution in [3.63, 3.8) is 0 Å². The molecule has 3 rings (SSSR count). The lowest BCUT2D eigenvalue weighted by Crippen LogP contribution is -2.26. The minimum atomic E-state index is -0.446. The van der Waals surface area contributed by atoms with Crippen LogP contribution in [0.5, 0.6) is 0 Å². The lowest BCUT2D eigenvalue weighted by molar-refractivity contribution is -0.0302. The Morgan fingerprint density at radius 3 is 2.91 bits per heavy atom. The van der Waals surface area contributed by atoms with Gasteiger partial charge in [0.05, 0.1) is 6.10 Å². The molecule has 1 aliphatic heterocycles. The minimum Gasteiger partial charge on any atom is -0.458 e. The van der Waals surface area contributed by atoms with Crippen molar-refractivity contribution in [2.75, 3.05) is 13.2 Å². The highest BCUT2D eigenvalue weighted by atomic mass is 32.1. The number of esters is 1. The van der Waals surface area contributed by atoms with Gasteiger partial charge < -0.3 is 9.47 Å². The SMILES string of the molecule is O=C(OCC1CCCCO1)c1csc(-c2ccc(F)cc2)n1. The van der Waals surface area contributed by atoms with Crippen molar-refractivity contribution >= 4 is 17.3 Å². The topological polar surface area (TPSA) is 48.4 Å². The summed E-state index contributed by atoms with van der Waals surface area (Å²) < 4.78 is 23.7. The van der Waals surface area contributed by atoms with E-state index in [1.54, 1.807) is 17.5 Å². The van der Waals surface area contributed by atoms with Crippen molar-refractivity contribution in [3.8, 4) is 10.6 Å². The van der Waals surface area contributed by atoms with Crippen LogP contribution in [0, 0.1) is 5.82 Å². The fourth-order valence-corrected chi connectivity index (χ4v) is 3.07. The van der Waals surface area contributed by atoms with E-state index in [-0.39, 0.29) is 24.2 Å². The van der Waals surface area contributed by atoms with Gasteiger partial charge in [0.2, 0.25) is 0 Å². The summed E-state index contributed by atoms with van der Waals surface area (Å²) in [6.07, 6.45) is 3.09. The van der Waals surface area contributed by atoms with Crippen molar-refractivity contribution < 1.29 is 18.7 Å². The number of rotatable bonds is 4. The van der Waals surface area contributed by atoms with E-state index in [2.05, 4.69) is 4.98 Å². The van der Waals surface area contributed by atoms with Gasteiger partial charge in [-0.3, -0.25) is 0 Å². The maximum Gasteiger partial charge on any atom is 0.357 e. The van der Waals surface area contributed by atoms with Gasteiger partial charge in [0.25, 0.3) is 0 Å². The molecule has 0 spiro atoms. The summed E-state index contributed by atoms with van der Waals surface area (Å²) >= 11 is 1.33. The first kappa shape index (κ1) is 15.1. The molecule has 1 atom stereocenters. The van der Waals surface area contributed by atoms with E-state index in [0.717, 1.165) is 31.4 Å². The van der Waals surface area contributed by atoms with Gasteiger partial charge in [-0.05, 0) is 43.5 Å². The van der Waals surface area contributed by atoms with Crippen molar-refractivity contribution in [1.82, 2.24) is 4.98 Å². The van der Waals surface area contributed by atoms with Gasteiger partial charge in [0.1, 0.15) is 17.4 Å². The van der Waals surface area contributed by atoms with Gasteiger partial charge in [0.15, 0.2) is 5.69 Å². The maximum atomic E-state index is 12.9. The second-order valence-electron chi connectivity index (χ2n) is 5.13. The molecule has 0 N–H and O–H groups in total. The highest BCUT2D eigenvalue weighted by Crippen LogP contribution is 2.24. The molecule has 0 saturated carbocycles. The predicted molar refractivity (Wildman–Crippen MR) is 81.4 cm³/mol. The molecule has 4 nitrogen and oxygen atoms in total. The zero-order valence-corrected chi connectivity index (χ0v) is 12.8. The normalized spacial score (nSPS) is 18.1. The van der Waals surface area contributed by atoms with E-state index >= 15 is 0 Å². The van der Waals surface area contributed by atoms with Crippen molar-refractivity contribution in [2.45, 2.75) is 25.4 Å². The lowest BCUT2D eigenvalue weighted by Gasteiger charge is -2.21. The molecule has 1 aliphatic rings. The summed E-state index contributed by atoms with van der Waals surface area (Å²) in [5.41, 5.74) is 1.06. The Hall–Kier alpha value is -1.79. The summed E-state index contributed by atoms with van der Waals surface area (Å²) in [7, 11) is 0. The summed E-state index contributed by atoms with van der Waals surface area (Å²) in [6.45, 7) is 0.996. The number of benzene rings is 1. The molecular formula is C16H16FNO3S. The van der Waals surface area contributed by atoms with Gasteiger partial charge in [-0.1, -0.05) is 0 Å². The Morgan fingerprint density at radius 2 is 2.18 bits per heavy atom. The van der Waals surface area contributed by atoms with Crippen molar-refractivity contribution in [2.24, 2.45) is 0 Å². The molecule has 1 aromatic heterocycles. The molecule has 0 aliphatic carbocycles. The summed E-state index contributed by atoms with van der Waals surface area (Å²) in [5, 5.41) is 2.32. The number of aromatic nitrogens is 1. The minimum absolute atomic E-state index is 0.00657. The zero-order valence-electron chi connectivity index (χ0n) is 12.0. The molecule has 0 bridgehead atoms. The molecule has 2 heterocycles. The van der Waals surface area contributed by atoms with E-state index in [9.17, 15) is 9.18 Å². The molecule has 2 aromatic rings. The van der Waals surface area contributed by atoms with Gasteiger partial charge in [-0.2, -0.15) is 0 Å². The van der Waals surface area contributed by atoms with E-state index < -0.39 is 5.97 Å².